The van der Waals surface area contributed by atoms with Crippen LogP contribution >= 0.6 is 15.9 Å². The minimum absolute atomic E-state index is 0.0339. The molecule has 0 unspecified atom stereocenters. The van der Waals surface area contributed by atoms with Gasteiger partial charge in [-0.2, -0.15) is 0 Å². The number of methoxy groups -OCH3 is 1. The minimum Gasteiger partial charge on any atom is -0.464 e. The van der Waals surface area contributed by atoms with Gasteiger partial charge in [-0.25, -0.2) is 9.78 Å². The molecule has 1 aromatic heterocycles. The highest BCUT2D eigenvalue weighted by molar-refractivity contribution is 9.10. The Morgan fingerprint density at radius 2 is 2.19 bits per heavy atom. The van der Waals surface area contributed by atoms with Crippen molar-refractivity contribution in [3.63, 3.8) is 0 Å². The van der Waals surface area contributed by atoms with Crippen LogP contribution in [-0.4, -0.2) is 27.6 Å². The van der Waals surface area contributed by atoms with Crippen LogP contribution in [0.1, 0.15) is 16.3 Å². The summed E-state index contributed by atoms with van der Waals surface area (Å²) in [7, 11) is 1.22. The maximum Gasteiger partial charge on any atom is 0.360 e. The van der Waals surface area contributed by atoms with Crippen molar-refractivity contribution in [3.05, 3.63) is 44.3 Å². The van der Waals surface area contributed by atoms with E-state index in [-0.39, 0.29) is 17.2 Å². The van der Waals surface area contributed by atoms with Crippen molar-refractivity contribution in [2.24, 2.45) is 0 Å². The number of esters is 1. The van der Waals surface area contributed by atoms with Crippen molar-refractivity contribution in [1.82, 2.24) is 9.55 Å². The summed E-state index contributed by atoms with van der Waals surface area (Å²) in [6.45, 7) is 1.63. The van der Waals surface area contributed by atoms with Crippen LogP contribution in [0.5, 0.6) is 0 Å². The number of halogens is 1. The van der Waals surface area contributed by atoms with Gasteiger partial charge in [0.15, 0.2) is 5.69 Å². The van der Waals surface area contributed by atoms with Crippen LogP contribution in [0.25, 0.3) is 5.69 Å². The number of non-ortho nitro benzene ring substituents is 1. The zero-order valence-electron chi connectivity index (χ0n) is 11.2. The molecule has 1 aromatic carbocycles. The molecule has 0 bridgehead atoms. The van der Waals surface area contributed by atoms with Gasteiger partial charge in [0.05, 0.1) is 17.7 Å². The van der Waals surface area contributed by atoms with E-state index < -0.39 is 10.9 Å². The van der Waals surface area contributed by atoms with Gasteiger partial charge in [0.1, 0.15) is 11.6 Å². The molecule has 0 amide bonds. The molecular weight excluding hydrogens is 344 g/mol. The first-order valence-corrected chi connectivity index (χ1v) is 6.53. The normalized spacial score (nSPS) is 10.4. The van der Waals surface area contributed by atoms with E-state index in [0.717, 1.165) is 0 Å². The number of rotatable bonds is 3. The lowest BCUT2D eigenvalue weighted by molar-refractivity contribution is -0.384. The Bertz CT molecular complexity index is 741. The minimum atomic E-state index is -0.670. The molecule has 2 rings (SSSR count). The Kier molecular flexibility index (Phi) is 3.94. The first-order valence-electron chi connectivity index (χ1n) is 5.74. The number of aromatic nitrogens is 2. The molecular formula is C12H11BrN4O4. The number of anilines is 1. The fourth-order valence-electron chi connectivity index (χ4n) is 1.89. The van der Waals surface area contributed by atoms with E-state index in [2.05, 4.69) is 25.7 Å². The van der Waals surface area contributed by atoms with Crippen molar-refractivity contribution in [3.8, 4) is 5.69 Å². The highest BCUT2D eigenvalue weighted by Crippen LogP contribution is 2.30. The molecule has 1 heterocycles. The zero-order chi connectivity index (χ0) is 15.7. The number of nitrogens with two attached hydrogens (primary N) is 1. The molecule has 0 spiro atoms. The van der Waals surface area contributed by atoms with Crippen molar-refractivity contribution >= 4 is 33.4 Å². The van der Waals surface area contributed by atoms with Crippen LogP contribution in [0.15, 0.2) is 22.7 Å². The summed E-state index contributed by atoms with van der Waals surface area (Å²) < 4.78 is 6.63. The maximum absolute atomic E-state index is 11.6. The molecule has 0 saturated carbocycles. The van der Waals surface area contributed by atoms with Crippen molar-refractivity contribution < 1.29 is 14.5 Å². The van der Waals surface area contributed by atoms with E-state index in [9.17, 15) is 14.9 Å². The van der Waals surface area contributed by atoms with E-state index in [1.54, 1.807) is 6.92 Å². The Labute approximate surface area is 127 Å². The van der Waals surface area contributed by atoms with Gasteiger partial charge in [0.25, 0.3) is 5.69 Å². The molecule has 8 nitrogen and oxygen atoms in total. The molecule has 0 aliphatic heterocycles. The van der Waals surface area contributed by atoms with E-state index in [0.29, 0.717) is 16.0 Å². The van der Waals surface area contributed by atoms with Crippen molar-refractivity contribution in [2.45, 2.75) is 6.92 Å². The van der Waals surface area contributed by atoms with Gasteiger partial charge in [-0.1, -0.05) is 0 Å². The first kappa shape index (κ1) is 15.0. The first-order chi connectivity index (χ1) is 9.86. The highest BCUT2D eigenvalue weighted by atomic mass is 79.9. The predicted molar refractivity (Wildman–Crippen MR) is 78.4 cm³/mol. The monoisotopic (exact) mass is 354 g/mol. The van der Waals surface area contributed by atoms with Crippen LogP contribution < -0.4 is 5.73 Å². The summed E-state index contributed by atoms with van der Waals surface area (Å²) in [5.74, 6) is -0.203. The summed E-state index contributed by atoms with van der Waals surface area (Å²) in [5, 5.41) is 10.9. The second kappa shape index (κ2) is 5.52. The van der Waals surface area contributed by atoms with Gasteiger partial charge in [0, 0.05) is 16.6 Å². The van der Waals surface area contributed by atoms with Gasteiger partial charge in [-0.15, -0.1) is 0 Å². The molecule has 0 radical (unpaired) electrons. The Morgan fingerprint density at radius 3 is 2.76 bits per heavy atom. The number of nitro benzene ring substituents is 1. The molecule has 0 aliphatic carbocycles. The molecule has 0 fully saturated rings. The number of carbonyl (C=O) groups is 1. The van der Waals surface area contributed by atoms with Crippen molar-refractivity contribution in [2.75, 3.05) is 12.8 Å². The van der Waals surface area contributed by atoms with Crippen LogP contribution in [0, 0.1) is 17.0 Å². The SMILES string of the molecule is COC(=O)c1nc(C)n(-c2cc([N+](=O)[O-])ccc2Br)c1N. The lowest BCUT2D eigenvalue weighted by Gasteiger charge is -2.09. The quantitative estimate of drug-likeness (QED) is 0.513. The van der Waals surface area contributed by atoms with E-state index in [1.165, 1.54) is 29.9 Å². The highest BCUT2D eigenvalue weighted by Gasteiger charge is 2.22. The third-order valence-electron chi connectivity index (χ3n) is 2.84. The number of nitrogen functional groups attached to an aromatic ring is 1. The summed E-state index contributed by atoms with van der Waals surface area (Å²) >= 11 is 3.31. The number of carbonyl (C=O) groups excluding carboxylic acids is 1. The summed E-state index contributed by atoms with van der Waals surface area (Å²) in [5.41, 5.74) is 6.20. The van der Waals surface area contributed by atoms with Gasteiger partial charge in [-0.3, -0.25) is 14.7 Å². The van der Waals surface area contributed by atoms with Gasteiger partial charge in [-0.05, 0) is 28.9 Å². The third-order valence-corrected chi connectivity index (χ3v) is 3.51. The van der Waals surface area contributed by atoms with Crippen LogP contribution in [0.3, 0.4) is 0 Å². The zero-order valence-corrected chi connectivity index (χ0v) is 12.7. The maximum atomic E-state index is 11.6. The van der Waals surface area contributed by atoms with Crippen LogP contribution in [0.4, 0.5) is 11.5 Å². The molecule has 110 valence electrons. The Morgan fingerprint density at radius 1 is 1.52 bits per heavy atom. The fourth-order valence-corrected chi connectivity index (χ4v) is 2.31. The number of aryl methyl sites for hydroxylation is 1. The number of nitro groups is 1. The number of hydrogen-bond donors (Lipinski definition) is 1. The number of benzene rings is 1. The molecule has 9 heteroatoms. The van der Waals surface area contributed by atoms with Crippen LogP contribution in [-0.2, 0) is 4.74 Å². The van der Waals surface area contributed by atoms with Gasteiger partial charge < -0.3 is 10.5 Å². The third kappa shape index (κ3) is 2.59. The number of imidazole rings is 1. The van der Waals surface area contributed by atoms with Crippen LogP contribution in [0.2, 0.25) is 0 Å². The molecule has 2 N–H and O–H groups in total. The average molecular weight is 355 g/mol. The molecule has 21 heavy (non-hydrogen) atoms. The predicted octanol–water partition coefficient (Wildman–Crippen LogP) is 2.22. The molecule has 0 aliphatic rings. The lowest BCUT2D eigenvalue weighted by Crippen LogP contribution is -2.08. The summed E-state index contributed by atoms with van der Waals surface area (Å²) in [6, 6.07) is 4.23. The largest absolute Gasteiger partial charge is 0.464 e. The summed E-state index contributed by atoms with van der Waals surface area (Å²) in [6.07, 6.45) is 0. The number of ether oxygens (including phenoxy) is 1. The second-order valence-electron chi connectivity index (χ2n) is 4.11. The number of nitrogens with zero attached hydrogens (tertiary/aromatic N) is 3. The lowest BCUT2D eigenvalue weighted by atomic mass is 10.2. The fraction of sp³-hybridized carbons (Fsp3) is 0.167. The molecule has 2 aromatic rings. The Hall–Kier alpha value is -2.42. The van der Waals surface area contributed by atoms with E-state index in [4.69, 9.17) is 5.73 Å². The van der Waals surface area contributed by atoms with E-state index in [1.807, 2.05) is 0 Å². The standard InChI is InChI=1S/C12H11BrN4O4/c1-6-15-10(12(18)21-2)11(14)16(6)9-5-7(17(19)20)3-4-8(9)13/h3-5H,14H2,1-2H3. The van der Waals surface area contributed by atoms with E-state index >= 15 is 0 Å². The van der Waals surface area contributed by atoms with Gasteiger partial charge in [0.2, 0.25) is 0 Å². The summed E-state index contributed by atoms with van der Waals surface area (Å²) in [4.78, 5) is 26.0. The average Bonchev–Trinajstić information content (AvgIpc) is 2.74. The smallest absolute Gasteiger partial charge is 0.360 e. The molecule has 0 saturated heterocycles. The van der Waals surface area contributed by atoms with Gasteiger partial charge >= 0.3 is 5.97 Å². The second-order valence-corrected chi connectivity index (χ2v) is 4.97. The number of hydrogen-bond acceptors (Lipinski definition) is 6. The molecule has 0 atom stereocenters. The Balaban J connectivity index is 2.67. The van der Waals surface area contributed by atoms with Crippen molar-refractivity contribution in [1.29, 1.82) is 0 Å². The topological polar surface area (TPSA) is 113 Å².